The zero-order chi connectivity index (χ0) is 20.7. The van der Waals surface area contributed by atoms with Crippen molar-refractivity contribution < 1.29 is 14.3 Å². The third-order valence-electron chi connectivity index (χ3n) is 4.67. The Morgan fingerprint density at radius 3 is 2.21 bits per heavy atom. The highest BCUT2D eigenvalue weighted by atomic mass is 16.5. The van der Waals surface area contributed by atoms with Crippen molar-refractivity contribution in [3.63, 3.8) is 0 Å². The monoisotopic (exact) mass is 380 g/mol. The Morgan fingerprint density at radius 1 is 1.07 bits per heavy atom. The fourth-order valence-corrected chi connectivity index (χ4v) is 3.02. The molecule has 0 aromatic heterocycles. The molecule has 0 fully saturated rings. The summed E-state index contributed by atoms with van der Waals surface area (Å²) in [7, 11) is 1.38. The number of methoxy groups -OCH3 is 1. The van der Waals surface area contributed by atoms with Crippen molar-refractivity contribution in [2.24, 2.45) is 5.73 Å². The molecule has 0 radical (unpaired) electrons. The summed E-state index contributed by atoms with van der Waals surface area (Å²) in [6.45, 7) is 6.17. The second-order valence-electron chi connectivity index (χ2n) is 6.72. The van der Waals surface area contributed by atoms with Crippen LogP contribution >= 0.6 is 0 Å². The second kappa shape index (κ2) is 9.74. The lowest BCUT2D eigenvalue weighted by molar-refractivity contribution is -0.116. The van der Waals surface area contributed by atoms with Gasteiger partial charge in [-0.1, -0.05) is 24.3 Å². The minimum Gasteiger partial charge on any atom is -0.465 e. The normalized spacial score (nSPS) is 13.1. The Morgan fingerprint density at radius 2 is 1.68 bits per heavy atom. The van der Waals surface area contributed by atoms with Crippen molar-refractivity contribution in [3.05, 3.63) is 65.4 Å². The van der Waals surface area contributed by atoms with Crippen LogP contribution in [0.3, 0.4) is 0 Å². The van der Waals surface area contributed by atoms with E-state index in [0.29, 0.717) is 5.56 Å². The number of hydrogen-bond acceptors (Lipinski definition) is 4. The number of anilines is 1. The summed E-state index contributed by atoms with van der Waals surface area (Å²) in [6.07, 6.45) is 3.82. The smallest absolute Gasteiger partial charge is 0.337 e. The fourth-order valence-electron chi connectivity index (χ4n) is 3.02. The van der Waals surface area contributed by atoms with Crippen LogP contribution in [0.15, 0.2) is 54.2 Å². The van der Waals surface area contributed by atoms with E-state index in [9.17, 15) is 9.59 Å². The Kier molecular flexibility index (Phi) is 7.38. The standard InChI is InChI=1S/C19H19NO3.C4H9N/c1-13(21)20-11-3-4-17-12-16(9-10-18(17)20)14-5-7-15(8-6-14)19(22)23-2;1-3-4(2)5/h5-10,12H,3-4,11H2,1-2H3;3H,5H2,1-2H3/b;4-3+. The molecule has 1 amide bonds. The number of carbonyl (C=O) groups is 2. The van der Waals surface area contributed by atoms with E-state index in [-0.39, 0.29) is 11.9 Å². The molecule has 0 saturated heterocycles. The Balaban J connectivity index is 0.000000500. The first kappa shape index (κ1) is 21.2. The number of aryl methyl sites for hydroxylation is 1. The van der Waals surface area contributed by atoms with Crippen molar-refractivity contribution >= 4 is 17.6 Å². The molecule has 1 heterocycles. The van der Waals surface area contributed by atoms with Crippen LogP contribution in [0.2, 0.25) is 0 Å². The van der Waals surface area contributed by atoms with Gasteiger partial charge in [0.25, 0.3) is 0 Å². The van der Waals surface area contributed by atoms with Gasteiger partial charge in [-0.3, -0.25) is 4.79 Å². The van der Waals surface area contributed by atoms with Gasteiger partial charge in [0.2, 0.25) is 5.91 Å². The van der Waals surface area contributed by atoms with E-state index in [1.54, 1.807) is 19.1 Å². The predicted octanol–water partition coefficient (Wildman–Crippen LogP) is 4.31. The van der Waals surface area contributed by atoms with Gasteiger partial charge in [-0.25, -0.2) is 4.79 Å². The van der Waals surface area contributed by atoms with Gasteiger partial charge >= 0.3 is 5.97 Å². The minimum atomic E-state index is -0.334. The third kappa shape index (κ3) is 5.22. The van der Waals surface area contributed by atoms with Gasteiger partial charge in [0, 0.05) is 24.9 Å². The SMILES string of the molecule is C/C=C(\C)N.COC(=O)c1ccc(-c2ccc3c(c2)CCCN3C(C)=O)cc1. The van der Waals surface area contributed by atoms with Gasteiger partial charge in [0.15, 0.2) is 0 Å². The molecule has 1 aliphatic heterocycles. The van der Waals surface area contributed by atoms with Crippen LogP contribution in [0.4, 0.5) is 5.69 Å². The molecule has 2 N–H and O–H groups in total. The average Bonchev–Trinajstić information content (AvgIpc) is 2.72. The zero-order valence-corrected chi connectivity index (χ0v) is 17.0. The number of benzene rings is 2. The van der Waals surface area contributed by atoms with Crippen LogP contribution < -0.4 is 10.6 Å². The molecule has 2 aromatic carbocycles. The third-order valence-corrected chi connectivity index (χ3v) is 4.67. The first-order chi connectivity index (χ1) is 13.4. The zero-order valence-electron chi connectivity index (χ0n) is 17.0. The van der Waals surface area contributed by atoms with Crippen molar-refractivity contribution in [1.29, 1.82) is 0 Å². The van der Waals surface area contributed by atoms with Crippen LogP contribution in [-0.4, -0.2) is 25.5 Å². The molecule has 3 rings (SSSR count). The Hall–Kier alpha value is -3.08. The quantitative estimate of drug-likeness (QED) is 0.788. The molecular formula is C23H28N2O3. The highest BCUT2D eigenvalue weighted by Gasteiger charge is 2.20. The maximum absolute atomic E-state index is 11.7. The first-order valence-electron chi connectivity index (χ1n) is 9.35. The van der Waals surface area contributed by atoms with Crippen molar-refractivity contribution in [1.82, 2.24) is 0 Å². The molecule has 1 aliphatic rings. The number of nitrogens with two attached hydrogens (primary N) is 1. The molecule has 0 aliphatic carbocycles. The van der Waals surface area contributed by atoms with E-state index < -0.39 is 0 Å². The molecule has 5 heteroatoms. The van der Waals surface area contributed by atoms with E-state index in [2.05, 4.69) is 6.07 Å². The van der Waals surface area contributed by atoms with Crippen molar-refractivity contribution in [2.75, 3.05) is 18.6 Å². The number of allylic oxidation sites excluding steroid dienone is 2. The second-order valence-corrected chi connectivity index (χ2v) is 6.72. The first-order valence-corrected chi connectivity index (χ1v) is 9.35. The average molecular weight is 380 g/mol. The topological polar surface area (TPSA) is 72.6 Å². The minimum absolute atomic E-state index is 0.0844. The highest BCUT2D eigenvalue weighted by Crippen LogP contribution is 2.31. The summed E-state index contributed by atoms with van der Waals surface area (Å²) in [4.78, 5) is 25.1. The van der Waals surface area contributed by atoms with E-state index in [0.717, 1.165) is 41.9 Å². The van der Waals surface area contributed by atoms with Crippen LogP contribution in [0.5, 0.6) is 0 Å². The predicted molar refractivity (Wildman–Crippen MR) is 113 cm³/mol. The van der Waals surface area contributed by atoms with Gasteiger partial charge in [-0.15, -0.1) is 0 Å². The molecule has 0 bridgehead atoms. The number of carbonyl (C=O) groups excluding carboxylic acids is 2. The van der Waals surface area contributed by atoms with Crippen LogP contribution in [0, 0.1) is 0 Å². The molecule has 148 valence electrons. The fraction of sp³-hybridized carbons (Fsp3) is 0.304. The summed E-state index contributed by atoms with van der Waals surface area (Å²) in [5, 5.41) is 0. The number of nitrogens with zero attached hydrogens (tertiary/aromatic N) is 1. The summed E-state index contributed by atoms with van der Waals surface area (Å²) in [5.41, 5.74) is 10.9. The van der Waals surface area contributed by atoms with Crippen LogP contribution in [0.1, 0.15) is 43.1 Å². The summed E-state index contributed by atoms with van der Waals surface area (Å²) in [5.74, 6) is -0.250. The number of esters is 1. The Labute approximate surface area is 166 Å². The molecule has 0 unspecified atom stereocenters. The molecule has 0 atom stereocenters. The number of amides is 1. The maximum atomic E-state index is 11.7. The van der Waals surface area contributed by atoms with Crippen LogP contribution in [0.25, 0.3) is 11.1 Å². The summed E-state index contributed by atoms with van der Waals surface area (Å²) in [6, 6.07) is 13.5. The van der Waals surface area contributed by atoms with Crippen molar-refractivity contribution in [2.45, 2.75) is 33.6 Å². The summed E-state index contributed by atoms with van der Waals surface area (Å²) < 4.78 is 4.71. The van der Waals surface area contributed by atoms with Gasteiger partial charge in [0.1, 0.15) is 0 Å². The highest BCUT2D eigenvalue weighted by molar-refractivity contribution is 5.93. The van der Waals surface area contributed by atoms with Gasteiger partial charge in [-0.2, -0.15) is 0 Å². The van der Waals surface area contributed by atoms with Crippen LogP contribution in [-0.2, 0) is 16.0 Å². The lowest BCUT2D eigenvalue weighted by Crippen LogP contribution is -2.33. The van der Waals surface area contributed by atoms with E-state index >= 15 is 0 Å². The van der Waals surface area contributed by atoms with Crippen molar-refractivity contribution in [3.8, 4) is 11.1 Å². The van der Waals surface area contributed by atoms with E-state index in [1.165, 1.54) is 12.7 Å². The molecule has 0 spiro atoms. The maximum Gasteiger partial charge on any atom is 0.337 e. The van der Waals surface area contributed by atoms with Gasteiger partial charge in [-0.05, 0) is 67.6 Å². The van der Waals surface area contributed by atoms with E-state index in [4.69, 9.17) is 10.5 Å². The molecule has 5 nitrogen and oxygen atoms in total. The van der Waals surface area contributed by atoms with Gasteiger partial charge < -0.3 is 15.4 Å². The largest absolute Gasteiger partial charge is 0.465 e. The summed E-state index contributed by atoms with van der Waals surface area (Å²) >= 11 is 0. The number of ether oxygens (including phenoxy) is 1. The Bertz CT molecular complexity index is 866. The molecular weight excluding hydrogens is 352 g/mol. The molecule has 28 heavy (non-hydrogen) atoms. The van der Waals surface area contributed by atoms with E-state index in [1.807, 2.05) is 49.1 Å². The molecule has 0 saturated carbocycles. The van der Waals surface area contributed by atoms with Gasteiger partial charge in [0.05, 0.1) is 12.7 Å². The number of rotatable bonds is 2. The number of hydrogen-bond donors (Lipinski definition) is 1. The molecule has 2 aromatic rings. The lowest BCUT2D eigenvalue weighted by atomic mass is 9.95. The number of fused-ring (bicyclic) bond motifs is 1. The lowest BCUT2D eigenvalue weighted by Gasteiger charge is -2.29.